The van der Waals surface area contributed by atoms with E-state index in [0.717, 1.165) is 13.0 Å². The molecule has 2 heteroatoms. The Morgan fingerprint density at radius 1 is 1.57 bits per heavy atom. The second-order valence-corrected chi connectivity index (χ2v) is 1.31. The van der Waals surface area contributed by atoms with Gasteiger partial charge in [0.1, 0.15) is 0 Å². The second kappa shape index (κ2) is 9.75. The third kappa shape index (κ3) is 10.8. The van der Waals surface area contributed by atoms with E-state index in [1.807, 2.05) is 7.05 Å². The molecule has 0 aromatic rings. The maximum Gasteiger partial charge on any atom is 1.00 e. The molecule has 7 heavy (non-hydrogen) atoms. The van der Waals surface area contributed by atoms with Gasteiger partial charge in [0.05, 0.1) is 0 Å². The molecule has 38 valence electrons. The average Bonchev–Trinajstić information content (AvgIpc) is 1.61. The van der Waals surface area contributed by atoms with Gasteiger partial charge in [-0.05, 0) is 13.6 Å². The normalized spacial score (nSPS) is 7.71. The van der Waals surface area contributed by atoms with E-state index in [-0.39, 0.29) is 18.9 Å². The van der Waals surface area contributed by atoms with E-state index < -0.39 is 0 Å². The number of hydrogen-bond acceptors (Lipinski definition) is 1. The van der Waals surface area contributed by atoms with Crippen LogP contribution in [0.15, 0.2) is 0 Å². The Hall–Kier alpha value is 0.557. The molecule has 0 aromatic carbocycles. The molecule has 0 bridgehead atoms. The standard InChI is InChI=1S/C5H12N.Li/c1-3-4-5-6-2;/h6H,1,3-5H2,2H3;/q-1;+1. The Labute approximate surface area is 58.0 Å². The third-order valence-electron chi connectivity index (χ3n) is 0.677. The first-order valence-electron chi connectivity index (χ1n) is 2.35. The van der Waals surface area contributed by atoms with Crippen molar-refractivity contribution in [3.8, 4) is 0 Å². The van der Waals surface area contributed by atoms with Crippen LogP contribution < -0.4 is 24.2 Å². The van der Waals surface area contributed by atoms with Gasteiger partial charge in [-0.2, -0.15) is 6.42 Å². The fourth-order valence-corrected chi connectivity index (χ4v) is 0.302. The molecule has 0 radical (unpaired) electrons. The van der Waals surface area contributed by atoms with E-state index in [2.05, 4.69) is 12.2 Å². The van der Waals surface area contributed by atoms with Gasteiger partial charge in [-0.3, -0.25) is 0 Å². The molecule has 0 unspecified atom stereocenters. The number of rotatable bonds is 3. The van der Waals surface area contributed by atoms with Crippen LogP contribution in [0, 0.1) is 6.92 Å². The average molecular weight is 93.1 g/mol. The molecule has 0 rings (SSSR count). The molecular formula is C5H12LiN. The van der Waals surface area contributed by atoms with E-state index >= 15 is 0 Å². The van der Waals surface area contributed by atoms with Gasteiger partial charge < -0.3 is 12.2 Å². The fourth-order valence-electron chi connectivity index (χ4n) is 0.302. The van der Waals surface area contributed by atoms with E-state index in [4.69, 9.17) is 0 Å². The van der Waals surface area contributed by atoms with Gasteiger partial charge in [0.25, 0.3) is 0 Å². The molecule has 0 saturated heterocycles. The number of hydrogen-bond donors (Lipinski definition) is 1. The Bertz CT molecular complexity index is 20.0. The van der Waals surface area contributed by atoms with Crippen LogP contribution in [0.5, 0.6) is 0 Å². The van der Waals surface area contributed by atoms with Crippen molar-refractivity contribution in [2.75, 3.05) is 13.6 Å². The van der Waals surface area contributed by atoms with Crippen molar-refractivity contribution >= 4 is 0 Å². The maximum atomic E-state index is 3.68. The van der Waals surface area contributed by atoms with Gasteiger partial charge in [-0.25, -0.2) is 0 Å². The summed E-state index contributed by atoms with van der Waals surface area (Å²) in [4.78, 5) is 0. The minimum atomic E-state index is 0. The molecule has 0 aromatic heterocycles. The zero-order valence-corrected chi connectivity index (χ0v) is 5.33. The summed E-state index contributed by atoms with van der Waals surface area (Å²) in [5.74, 6) is 0. The monoisotopic (exact) mass is 93.1 g/mol. The molecule has 0 aliphatic carbocycles. The van der Waals surface area contributed by atoms with Gasteiger partial charge in [0.2, 0.25) is 0 Å². The first-order valence-corrected chi connectivity index (χ1v) is 2.35. The van der Waals surface area contributed by atoms with Gasteiger partial charge in [0.15, 0.2) is 0 Å². The topological polar surface area (TPSA) is 12.0 Å². The molecule has 0 fully saturated rings. The van der Waals surface area contributed by atoms with Crippen LogP contribution in [-0.4, -0.2) is 13.6 Å². The summed E-state index contributed by atoms with van der Waals surface area (Å²) in [6.07, 6.45) is 2.23. The number of unbranched alkanes of at least 4 members (excludes halogenated alkanes) is 1. The summed E-state index contributed by atoms with van der Waals surface area (Å²) in [5, 5.41) is 3.03. The second-order valence-electron chi connectivity index (χ2n) is 1.31. The van der Waals surface area contributed by atoms with E-state index in [1.165, 1.54) is 6.42 Å². The Balaban J connectivity index is 0. The van der Waals surface area contributed by atoms with Crippen LogP contribution in [0.1, 0.15) is 12.8 Å². The Kier molecular flexibility index (Phi) is 14.7. The summed E-state index contributed by atoms with van der Waals surface area (Å²) < 4.78 is 0. The zero-order chi connectivity index (χ0) is 4.83. The molecule has 0 amide bonds. The molecule has 0 aliphatic heterocycles. The van der Waals surface area contributed by atoms with E-state index in [0.29, 0.717) is 0 Å². The minimum Gasteiger partial charge on any atom is -0.343 e. The van der Waals surface area contributed by atoms with Crippen molar-refractivity contribution < 1.29 is 18.9 Å². The van der Waals surface area contributed by atoms with E-state index in [9.17, 15) is 0 Å². The summed E-state index contributed by atoms with van der Waals surface area (Å²) in [6, 6.07) is 0. The van der Waals surface area contributed by atoms with Crippen LogP contribution in [0.4, 0.5) is 0 Å². The van der Waals surface area contributed by atoms with Gasteiger partial charge in [-0.15, -0.1) is 0 Å². The first-order chi connectivity index (χ1) is 2.91. The SMILES string of the molecule is [CH2-]CCCNC.[Li+]. The van der Waals surface area contributed by atoms with Crippen LogP contribution in [-0.2, 0) is 0 Å². The van der Waals surface area contributed by atoms with Crippen LogP contribution in [0.2, 0.25) is 0 Å². The molecule has 0 spiro atoms. The van der Waals surface area contributed by atoms with Crippen molar-refractivity contribution in [3.05, 3.63) is 6.92 Å². The minimum absolute atomic E-state index is 0. The van der Waals surface area contributed by atoms with Gasteiger partial charge in [-0.1, -0.05) is 6.42 Å². The molecule has 1 nitrogen and oxygen atoms in total. The van der Waals surface area contributed by atoms with Gasteiger partial charge in [0, 0.05) is 0 Å². The Morgan fingerprint density at radius 2 is 2.14 bits per heavy atom. The summed E-state index contributed by atoms with van der Waals surface area (Å²) in [5.41, 5.74) is 0. The van der Waals surface area contributed by atoms with Crippen LogP contribution in [0.25, 0.3) is 0 Å². The summed E-state index contributed by atoms with van der Waals surface area (Å²) >= 11 is 0. The maximum absolute atomic E-state index is 3.68. The van der Waals surface area contributed by atoms with E-state index in [1.54, 1.807) is 0 Å². The largest absolute Gasteiger partial charge is 1.00 e. The van der Waals surface area contributed by atoms with Gasteiger partial charge >= 0.3 is 18.9 Å². The first kappa shape index (κ1) is 10.5. The predicted octanol–water partition coefficient (Wildman–Crippen LogP) is -2.18. The van der Waals surface area contributed by atoms with Crippen molar-refractivity contribution in [3.63, 3.8) is 0 Å². The molecule has 0 aliphatic rings. The summed E-state index contributed by atoms with van der Waals surface area (Å²) in [7, 11) is 1.95. The third-order valence-corrected chi connectivity index (χ3v) is 0.677. The summed E-state index contributed by atoms with van der Waals surface area (Å²) in [6.45, 7) is 4.78. The van der Waals surface area contributed by atoms with Crippen LogP contribution in [0.3, 0.4) is 0 Å². The molecule has 0 heterocycles. The fraction of sp³-hybridized carbons (Fsp3) is 0.800. The molecule has 1 N–H and O–H groups in total. The Morgan fingerprint density at radius 3 is 2.29 bits per heavy atom. The zero-order valence-electron chi connectivity index (χ0n) is 5.33. The van der Waals surface area contributed by atoms with Crippen LogP contribution >= 0.6 is 0 Å². The van der Waals surface area contributed by atoms with Crippen molar-refractivity contribution in [2.45, 2.75) is 12.8 Å². The molecule has 0 atom stereocenters. The van der Waals surface area contributed by atoms with Crippen molar-refractivity contribution in [2.24, 2.45) is 0 Å². The van der Waals surface area contributed by atoms with Crippen molar-refractivity contribution in [1.29, 1.82) is 0 Å². The van der Waals surface area contributed by atoms with Crippen molar-refractivity contribution in [1.82, 2.24) is 5.32 Å². The molecule has 0 saturated carbocycles. The molecular weight excluding hydrogens is 81.0 g/mol. The quantitative estimate of drug-likeness (QED) is 0.238. The number of nitrogens with one attached hydrogen (secondary N) is 1. The predicted molar refractivity (Wildman–Crippen MR) is 28.5 cm³/mol. The smallest absolute Gasteiger partial charge is 0.343 e.